The van der Waals surface area contributed by atoms with Crippen LogP contribution in [0, 0.1) is 0 Å². The van der Waals surface area contributed by atoms with Gasteiger partial charge in [0.15, 0.2) is 28.8 Å². The summed E-state index contributed by atoms with van der Waals surface area (Å²) in [6, 6.07) is 11.8. The Hall–Kier alpha value is -2.98. The van der Waals surface area contributed by atoms with Crippen LogP contribution in [0.4, 0.5) is 0 Å². The van der Waals surface area contributed by atoms with E-state index in [-0.39, 0.29) is 11.8 Å². The molecule has 1 aliphatic carbocycles. The van der Waals surface area contributed by atoms with Crippen LogP contribution in [0.15, 0.2) is 47.5 Å². The van der Waals surface area contributed by atoms with Crippen LogP contribution in [0.2, 0.25) is 0 Å². The van der Waals surface area contributed by atoms with Gasteiger partial charge in [-0.05, 0) is 73.2 Å². The quantitative estimate of drug-likeness (QED) is 0.298. The van der Waals surface area contributed by atoms with Crippen LogP contribution in [-0.2, 0) is 9.53 Å². The van der Waals surface area contributed by atoms with E-state index in [4.69, 9.17) is 23.7 Å². The van der Waals surface area contributed by atoms with Gasteiger partial charge >= 0.3 is 0 Å². The van der Waals surface area contributed by atoms with Crippen LogP contribution in [0.3, 0.4) is 0 Å². The molecule has 1 unspecified atom stereocenters. The minimum Gasteiger partial charge on any atom is -0.493 e. The maximum absolute atomic E-state index is 13.7. The van der Waals surface area contributed by atoms with E-state index in [2.05, 4.69) is 9.03 Å². The van der Waals surface area contributed by atoms with Gasteiger partial charge in [0.2, 0.25) is 0 Å². The summed E-state index contributed by atoms with van der Waals surface area (Å²) in [6.07, 6.45) is 7.42. The second kappa shape index (κ2) is 13.9. The lowest BCUT2D eigenvalue weighted by molar-refractivity contribution is -0.113. The van der Waals surface area contributed by atoms with E-state index in [1.807, 2.05) is 48.6 Å². The van der Waals surface area contributed by atoms with E-state index >= 15 is 0 Å². The maximum atomic E-state index is 13.7. The first-order valence-corrected chi connectivity index (χ1v) is 13.8. The molecule has 2 fully saturated rings. The zero-order chi connectivity index (χ0) is 27.8. The fourth-order valence-corrected chi connectivity index (χ4v) is 6.03. The highest BCUT2D eigenvalue weighted by Crippen LogP contribution is 2.35. The summed E-state index contributed by atoms with van der Waals surface area (Å²) in [5.74, 6) is 2.59. The molecule has 8 nitrogen and oxygen atoms in total. The Morgan fingerprint density at radius 1 is 0.846 bits per heavy atom. The lowest BCUT2D eigenvalue weighted by atomic mass is 9.84. The van der Waals surface area contributed by atoms with Crippen molar-refractivity contribution in [3.63, 3.8) is 0 Å². The van der Waals surface area contributed by atoms with Gasteiger partial charge in [-0.3, -0.25) is 4.79 Å². The molecule has 1 heterocycles. The second-order valence-electron chi connectivity index (χ2n) is 9.60. The Labute approximate surface area is 235 Å². The van der Waals surface area contributed by atoms with Crippen LogP contribution in [0.25, 0.3) is 12.2 Å². The SMILES string of the molecule is COCC1CCCN1SNC1C/C(=C\c2ccc(OC)c(OC)c2)C(=O)/C(=C/c2ccc(OC)c(OC)c2)C1. The molecule has 9 heteroatoms. The number of ether oxygens (including phenoxy) is 5. The highest BCUT2D eigenvalue weighted by Gasteiger charge is 2.30. The summed E-state index contributed by atoms with van der Waals surface area (Å²) in [5, 5.41) is 0. The van der Waals surface area contributed by atoms with Crippen molar-refractivity contribution in [3.8, 4) is 23.0 Å². The van der Waals surface area contributed by atoms with Crippen molar-refractivity contribution in [3.05, 3.63) is 58.7 Å². The number of Topliss-reactive ketones (excluding diaryl/α,β-unsaturated/α-hetero) is 1. The minimum atomic E-state index is 0.0426. The zero-order valence-corrected chi connectivity index (χ0v) is 24.1. The van der Waals surface area contributed by atoms with Crippen molar-refractivity contribution in [2.75, 3.05) is 48.7 Å². The van der Waals surface area contributed by atoms with E-state index in [1.54, 1.807) is 47.7 Å². The first-order valence-electron chi connectivity index (χ1n) is 13.1. The number of benzene rings is 2. The average Bonchev–Trinajstić information content (AvgIpc) is 3.41. The summed E-state index contributed by atoms with van der Waals surface area (Å²) in [5.41, 5.74) is 3.25. The van der Waals surface area contributed by atoms with Gasteiger partial charge in [-0.25, -0.2) is 9.03 Å². The number of nitrogens with zero attached hydrogens (tertiary/aromatic N) is 1. The number of ketones is 1. The molecule has 1 saturated heterocycles. The zero-order valence-electron chi connectivity index (χ0n) is 23.3. The van der Waals surface area contributed by atoms with Gasteiger partial charge < -0.3 is 23.7 Å². The van der Waals surface area contributed by atoms with Crippen LogP contribution in [-0.4, -0.2) is 70.9 Å². The number of methoxy groups -OCH3 is 5. The van der Waals surface area contributed by atoms with Crippen molar-refractivity contribution in [2.24, 2.45) is 0 Å². The maximum Gasteiger partial charge on any atom is 0.185 e. The highest BCUT2D eigenvalue weighted by atomic mass is 32.2. The van der Waals surface area contributed by atoms with Gasteiger partial charge in [0, 0.05) is 49.0 Å². The average molecular weight is 555 g/mol. The topological polar surface area (TPSA) is 78.5 Å². The Bertz CT molecular complexity index is 1140. The molecule has 4 rings (SSSR count). The van der Waals surface area contributed by atoms with E-state index in [9.17, 15) is 4.79 Å². The van der Waals surface area contributed by atoms with Gasteiger partial charge in [0.25, 0.3) is 0 Å². The summed E-state index contributed by atoms with van der Waals surface area (Å²) in [6.45, 7) is 1.73. The summed E-state index contributed by atoms with van der Waals surface area (Å²) < 4.78 is 33.1. The van der Waals surface area contributed by atoms with Crippen LogP contribution >= 0.6 is 12.1 Å². The third kappa shape index (κ3) is 7.16. The number of hydrogen-bond donors (Lipinski definition) is 1. The molecule has 0 amide bonds. The molecular formula is C30H38N2O6S. The molecule has 0 spiro atoms. The predicted octanol–water partition coefficient (Wildman–Crippen LogP) is 5.18. The number of nitrogens with one attached hydrogen (secondary N) is 1. The van der Waals surface area contributed by atoms with Crippen LogP contribution in [0.5, 0.6) is 23.0 Å². The van der Waals surface area contributed by atoms with Crippen molar-refractivity contribution >= 4 is 30.1 Å². The molecule has 0 bridgehead atoms. The lowest BCUT2D eigenvalue weighted by Crippen LogP contribution is -2.36. The van der Waals surface area contributed by atoms with Crippen molar-refractivity contribution < 1.29 is 28.5 Å². The largest absolute Gasteiger partial charge is 0.493 e. The summed E-state index contributed by atoms with van der Waals surface area (Å²) >= 11 is 1.64. The summed E-state index contributed by atoms with van der Waals surface area (Å²) in [4.78, 5) is 13.7. The fourth-order valence-electron chi connectivity index (χ4n) is 5.05. The first kappa shape index (κ1) is 29.0. The standard InChI is InChI=1S/C30H38N2O6S/c1-34-19-25-7-6-12-32(25)39-31-24-17-22(13-20-8-10-26(35-2)28(15-20)37-4)30(33)23(18-24)14-21-9-11-27(36-3)29(16-21)38-5/h8-11,13-16,24-25,31H,6-7,12,17-19H2,1-5H3/b22-13+,23-14+. The fraction of sp³-hybridized carbons (Fsp3) is 0.433. The molecule has 2 aromatic carbocycles. The van der Waals surface area contributed by atoms with Crippen molar-refractivity contribution in [2.45, 2.75) is 37.8 Å². The number of carbonyl (C=O) groups is 1. The second-order valence-corrected chi connectivity index (χ2v) is 10.5. The molecule has 2 aliphatic rings. The first-order chi connectivity index (χ1) is 19.0. The molecule has 1 atom stereocenters. The molecule has 1 saturated carbocycles. The third-order valence-electron chi connectivity index (χ3n) is 7.03. The molecular weight excluding hydrogens is 516 g/mol. The van der Waals surface area contributed by atoms with Crippen LogP contribution < -0.4 is 23.7 Å². The van der Waals surface area contributed by atoms with Gasteiger partial charge in [-0.15, -0.1) is 0 Å². The minimum absolute atomic E-state index is 0.0426. The smallest absolute Gasteiger partial charge is 0.185 e. The number of hydrogen-bond acceptors (Lipinski definition) is 9. The summed E-state index contributed by atoms with van der Waals surface area (Å²) in [7, 11) is 8.18. The molecule has 0 aromatic heterocycles. The van der Waals surface area contributed by atoms with Gasteiger partial charge in [-0.2, -0.15) is 0 Å². The lowest BCUT2D eigenvalue weighted by Gasteiger charge is -2.29. The van der Waals surface area contributed by atoms with Crippen LogP contribution in [0.1, 0.15) is 36.8 Å². The van der Waals surface area contributed by atoms with E-state index < -0.39 is 0 Å². The van der Waals surface area contributed by atoms with Gasteiger partial charge in [0.05, 0.1) is 35.0 Å². The van der Waals surface area contributed by atoms with Gasteiger partial charge in [-0.1, -0.05) is 12.1 Å². The molecule has 210 valence electrons. The highest BCUT2D eigenvalue weighted by molar-refractivity contribution is 7.95. The number of carbonyl (C=O) groups excluding carboxylic acids is 1. The van der Waals surface area contributed by atoms with Gasteiger partial charge in [0.1, 0.15) is 0 Å². The number of rotatable bonds is 11. The molecule has 1 N–H and O–H groups in total. The predicted molar refractivity (Wildman–Crippen MR) is 155 cm³/mol. The van der Waals surface area contributed by atoms with E-state index in [1.165, 1.54) is 0 Å². The molecule has 1 aliphatic heterocycles. The third-order valence-corrected chi connectivity index (χ3v) is 8.19. The molecule has 2 aromatic rings. The Kier molecular flexibility index (Phi) is 10.3. The van der Waals surface area contributed by atoms with E-state index in [0.29, 0.717) is 48.5 Å². The Morgan fingerprint density at radius 2 is 1.38 bits per heavy atom. The Morgan fingerprint density at radius 3 is 1.87 bits per heavy atom. The monoisotopic (exact) mass is 554 g/mol. The van der Waals surface area contributed by atoms with Crippen molar-refractivity contribution in [1.29, 1.82) is 0 Å². The Balaban J connectivity index is 1.63. The normalized spacial score (nSPS) is 21.9. The molecule has 0 radical (unpaired) electrons. The molecule has 39 heavy (non-hydrogen) atoms. The van der Waals surface area contributed by atoms with E-state index in [0.717, 1.165) is 41.7 Å². The van der Waals surface area contributed by atoms with Crippen molar-refractivity contribution in [1.82, 2.24) is 9.03 Å².